The highest BCUT2D eigenvalue weighted by molar-refractivity contribution is 5.91. The smallest absolute Gasteiger partial charge is 0.230 e. The first-order valence-corrected chi connectivity index (χ1v) is 10.0. The van der Waals surface area contributed by atoms with Crippen LogP contribution in [0.5, 0.6) is 11.5 Å². The molecule has 3 rings (SSSR count). The van der Waals surface area contributed by atoms with Crippen LogP contribution in [-0.4, -0.2) is 51.9 Å². The molecule has 1 unspecified atom stereocenters. The fraction of sp³-hybridized carbons (Fsp3) is 0.261. The van der Waals surface area contributed by atoms with Crippen molar-refractivity contribution in [2.45, 2.75) is 18.9 Å². The van der Waals surface area contributed by atoms with E-state index in [9.17, 15) is 15.0 Å². The summed E-state index contributed by atoms with van der Waals surface area (Å²) >= 11 is 0. The monoisotopic (exact) mass is 422 g/mol. The van der Waals surface area contributed by atoms with Gasteiger partial charge in [-0.15, -0.1) is 0 Å². The van der Waals surface area contributed by atoms with Crippen LogP contribution in [0, 0.1) is 0 Å². The Hall–Kier alpha value is -3.49. The minimum atomic E-state index is -0.638. The summed E-state index contributed by atoms with van der Waals surface area (Å²) in [5.41, 5.74) is 2.47. The summed E-state index contributed by atoms with van der Waals surface area (Å²) in [6, 6.07) is 14.0. The Balaban J connectivity index is 1.31. The van der Waals surface area contributed by atoms with Gasteiger partial charge in [-0.1, -0.05) is 12.1 Å². The molecule has 2 aromatic carbocycles. The number of amides is 1. The van der Waals surface area contributed by atoms with Gasteiger partial charge in [-0.05, 0) is 54.9 Å². The molecule has 162 valence electrons. The number of carbonyl (C=O) groups excluding carboxylic acids is 1. The summed E-state index contributed by atoms with van der Waals surface area (Å²) in [6.07, 6.45) is 5.04. The van der Waals surface area contributed by atoms with Crippen molar-refractivity contribution < 1.29 is 19.7 Å². The molecule has 0 aliphatic carbocycles. The van der Waals surface area contributed by atoms with E-state index < -0.39 is 6.10 Å². The van der Waals surface area contributed by atoms with E-state index >= 15 is 0 Å². The Labute approximate surface area is 181 Å². The van der Waals surface area contributed by atoms with E-state index in [4.69, 9.17) is 4.74 Å². The third-order valence-corrected chi connectivity index (χ3v) is 4.45. The largest absolute Gasteiger partial charge is 0.508 e. The van der Waals surface area contributed by atoms with Gasteiger partial charge in [-0.25, -0.2) is 0 Å². The van der Waals surface area contributed by atoms with Crippen LogP contribution in [0.4, 0.5) is 5.69 Å². The number of anilines is 1. The normalized spacial score (nSPS) is 11.6. The first kappa shape index (κ1) is 22.2. The first-order chi connectivity index (χ1) is 15.1. The maximum absolute atomic E-state index is 12.1. The summed E-state index contributed by atoms with van der Waals surface area (Å²) in [6.45, 7) is 1.28. The predicted molar refractivity (Wildman–Crippen MR) is 117 cm³/mol. The van der Waals surface area contributed by atoms with E-state index in [0.29, 0.717) is 24.5 Å². The van der Waals surface area contributed by atoms with E-state index in [1.54, 1.807) is 30.7 Å². The molecule has 1 atom stereocenters. The van der Waals surface area contributed by atoms with Gasteiger partial charge in [0.15, 0.2) is 0 Å². The standard InChI is InChI=1S/C23H26N4O4/c28-20-5-7-22(8-6-20)31-16-21(29)15-24-10-9-17-1-3-18(4-2-17)27-23(30)13-19-14-25-11-12-26-19/h1-8,11-12,14,21,24,28-29H,9-10,13,15-16H2,(H,27,30). The van der Waals surface area contributed by atoms with Crippen molar-refractivity contribution in [3.63, 3.8) is 0 Å². The lowest BCUT2D eigenvalue weighted by molar-refractivity contribution is -0.115. The van der Waals surface area contributed by atoms with Crippen molar-refractivity contribution in [1.29, 1.82) is 0 Å². The second-order valence-electron chi connectivity index (χ2n) is 7.03. The molecule has 3 aromatic rings. The number of hydrogen-bond donors (Lipinski definition) is 4. The molecule has 0 radical (unpaired) electrons. The minimum absolute atomic E-state index is 0.140. The van der Waals surface area contributed by atoms with E-state index in [2.05, 4.69) is 20.6 Å². The topological polar surface area (TPSA) is 117 Å². The van der Waals surface area contributed by atoms with E-state index in [1.165, 1.54) is 12.1 Å². The molecule has 0 bridgehead atoms. The van der Waals surface area contributed by atoms with Gasteiger partial charge in [-0.3, -0.25) is 14.8 Å². The first-order valence-electron chi connectivity index (χ1n) is 10.0. The van der Waals surface area contributed by atoms with Gasteiger partial charge in [0.05, 0.1) is 12.1 Å². The van der Waals surface area contributed by atoms with Gasteiger partial charge in [0.1, 0.15) is 24.2 Å². The molecule has 1 heterocycles. The molecule has 0 saturated heterocycles. The molecule has 31 heavy (non-hydrogen) atoms. The highest BCUT2D eigenvalue weighted by Gasteiger charge is 2.07. The molecule has 0 aliphatic rings. The third kappa shape index (κ3) is 8.04. The molecular formula is C23H26N4O4. The number of phenolic OH excluding ortho intramolecular Hbond substituents is 1. The van der Waals surface area contributed by atoms with Crippen LogP contribution in [0.2, 0.25) is 0 Å². The maximum Gasteiger partial charge on any atom is 0.230 e. The molecule has 1 amide bonds. The number of aromatic nitrogens is 2. The van der Waals surface area contributed by atoms with Gasteiger partial charge in [0, 0.05) is 30.8 Å². The van der Waals surface area contributed by atoms with E-state index in [1.807, 2.05) is 24.3 Å². The molecule has 8 heteroatoms. The number of hydrogen-bond acceptors (Lipinski definition) is 7. The average Bonchev–Trinajstić information content (AvgIpc) is 2.78. The zero-order chi connectivity index (χ0) is 21.9. The van der Waals surface area contributed by atoms with E-state index in [-0.39, 0.29) is 24.7 Å². The van der Waals surface area contributed by atoms with Gasteiger partial charge in [0.2, 0.25) is 5.91 Å². The third-order valence-electron chi connectivity index (χ3n) is 4.45. The van der Waals surface area contributed by atoms with Crippen LogP contribution in [0.3, 0.4) is 0 Å². The number of aliphatic hydroxyl groups is 1. The average molecular weight is 422 g/mol. The van der Waals surface area contributed by atoms with Crippen molar-refractivity contribution in [2.75, 3.05) is 25.0 Å². The zero-order valence-electron chi connectivity index (χ0n) is 17.1. The fourth-order valence-electron chi connectivity index (χ4n) is 2.84. The Morgan fingerprint density at radius 2 is 1.84 bits per heavy atom. The SMILES string of the molecule is O=C(Cc1cnccn1)Nc1ccc(CCNCC(O)COc2ccc(O)cc2)cc1. The van der Waals surface area contributed by atoms with Gasteiger partial charge in [-0.2, -0.15) is 0 Å². The number of aromatic hydroxyl groups is 1. The van der Waals surface area contributed by atoms with Crippen molar-refractivity contribution >= 4 is 11.6 Å². The summed E-state index contributed by atoms with van der Waals surface area (Å²) in [5, 5.41) is 25.3. The molecule has 0 aliphatic heterocycles. The van der Waals surface area contributed by atoms with Crippen molar-refractivity contribution in [2.24, 2.45) is 0 Å². The molecule has 0 spiro atoms. The molecule has 1 aromatic heterocycles. The molecule has 4 N–H and O–H groups in total. The highest BCUT2D eigenvalue weighted by atomic mass is 16.5. The molecule has 0 saturated carbocycles. The number of carbonyl (C=O) groups is 1. The quantitative estimate of drug-likeness (QED) is 0.349. The number of rotatable bonds is 11. The lowest BCUT2D eigenvalue weighted by Gasteiger charge is -2.13. The van der Waals surface area contributed by atoms with Gasteiger partial charge >= 0.3 is 0 Å². The summed E-state index contributed by atoms with van der Waals surface area (Å²) in [7, 11) is 0. The number of benzene rings is 2. The lowest BCUT2D eigenvalue weighted by atomic mass is 10.1. The molecule has 8 nitrogen and oxygen atoms in total. The summed E-state index contributed by atoms with van der Waals surface area (Å²) in [4.78, 5) is 20.1. The second kappa shape index (κ2) is 11.6. The van der Waals surface area contributed by atoms with Crippen LogP contribution in [0.1, 0.15) is 11.3 Å². The van der Waals surface area contributed by atoms with Crippen LogP contribution >= 0.6 is 0 Å². The Morgan fingerprint density at radius 1 is 1.06 bits per heavy atom. The second-order valence-corrected chi connectivity index (χ2v) is 7.03. The van der Waals surface area contributed by atoms with Gasteiger partial charge < -0.3 is 25.6 Å². The van der Waals surface area contributed by atoms with Crippen molar-refractivity contribution in [3.05, 3.63) is 78.4 Å². The Kier molecular flexibility index (Phi) is 8.33. The van der Waals surface area contributed by atoms with Crippen LogP contribution < -0.4 is 15.4 Å². The maximum atomic E-state index is 12.1. The number of ether oxygens (including phenoxy) is 1. The van der Waals surface area contributed by atoms with Crippen molar-refractivity contribution in [3.8, 4) is 11.5 Å². The summed E-state index contributed by atoms with van der Waals surface area (Å²) in [5.74, 6) is 0.631. The Morgan fingerprint density at radius 3 is 2.55 bits per heavy atom. The predicted octanol–water partition coefficient (Wildman–Crippen LogP) is 1.94. The number of phenols is 1. The number of aliphatic hydroxyl groups excluding tert-OH is 1. The minimum Gasteiger partial charge on any atom is -0.508 e. The molecular weight excluding hydrogens is 396 g/mol. The Bertz CT molecular complexity index is 934. The van der Waals surface area contributed by atoms with Crippen molar-refractivity contribution in [1.82, 2.24) is 15.3 Å². The van der Waals surface area contributed by atoms with Crippen LogP contribution in [-0.2, 0) is 17.6 Å². The van der Waals surface area contributed by atoms with Crippen LogP contribution in [0.25, 0.3) is 0 Å². The fourth-order valence-corrected chi connectivity index (χ4v) is 2.84. The highest BCUT2D eigenvalue weighted by Crippen LogP contribution is 2.16. The molecule has 0 fully saturated rings. The number of nitrogens with zero attached hydrogens (tertiary/aromatic N) is 2. The zero-order valence-corrected chi connectivity index (χ0v) is 17.1. The van der Waals surface area contributed by atoms with E-state index in [0.717, 1.165) is 17.7 Å². The summed E-state index contributed by atoms with van der Waals surface area (Å²) < 4.78 is 5.48. The van der Waals surface area contributed by atoms with Crippen LogP contribution in [0.15, 0.2) is 67.1 Å². The number of nitrogens with one attached hydrogen (secondary N) is 2. The van der Waals surface area contributed by atoms with Gasteiger partial charge in [0.25, 0.3) is 0 Å². The lowest BCUT2D eigenvalue weighted by Crippen LogP contribution is -2.32.